The quantitative estimate of drug-likeness (QED) is 0.843. The Morgan fingerprint density at radius 2 is 2.40 bits per heavy atom. The molecule has 1 atom stereocenters. The number of aromatic nitrogens is 1. The molecule has 1 saturated carbocycles. The van der Waals surface area contributed by atoms with E-state index < -0.39 is 0 Å². The maximum Gasteiger partial charge on any atom is 0.305 e. The fourth-order valence-electron chi connectivity index (χ4n) is 2.82. The van der Waals surface area contributed by atoms with Gasteiger partial charge in [-0.15, -0.1) is 11.3 Å². The first-order valence-corrected chi connectivity index (χ1v) is 8.14. The smallest absolute Gasteiger partial charge is 0.305 e. The number of rotatable bonds is 5. The van der Waals surface area contributed by atoms with E-state index in [0.717, 1.165) is 10.8 Å². The maximum absolute atomic E-state index is 11.1. The zero-order chi connectivity index (χ0) is 14.6. The molecule has 1 aliphatic carbocycles. The fourth-order valence-corrected chi connectivity index (χ4v) is 3.64. The van der Waals surface area contributed by atoms with Crippen molar-refractivity contribution in [1.29, 1.82) is 0 Å². The van der Waals surface area contributed by atoms with Crippen molar-refractivity contribution >= 4 is 22.4 Å². The van der Waals surface area contributed by atoms with Crippen molar-refractivity contribution in [3.8, 4) is 0 Å². The molecule has 0 radical (unpaired) electrons. The third-order valence-corrected chi connectivity index (χ3v) is 4.72. The van der Waals surface area contributed by atoms with Crippen molar-refractivity contribution < 1.29 is 9.53 Å². The lowest BCUT2D eigenvalue weighted by Crippen LogP contribution is -2.31. The molecule has 1 aliphatic rings. The molecule has 0 saturated heterocycles. The highest BCUT2D eigenvalue weighted by Gasteiger charge is 2.28. The number of esters is 1. The predicted octanol–water partition coefficient (Wildman–Crippen LogP) is 3.63. The van der Waals surface area contributed by atoms with Gasteiger partial charge in [0.1, 0.15) is 0 Å². The van der Waals surface area contributed by atoms with Gasteiger partial charge in [0.15, 0.2) is 5.13 Å². The summed E-state index contributed by atoms with van der Waals surface area (Å²) in [5.74, 6) is -0.179. The molecular weight excluding hydrogens is 272 g/mol. The molecule has 1 unspecified atom stereocenters. The monoisotopic (exact) mass is 296 g/mol. The summed E-state index contributed by atoms with van der Waals surface area (Å²) in [7, 11) is 1.42. The normalized spacial score (nSPS) is 21.4. The Morgan fingerprint density at radius 1 is 1.60 bits per heavy atom. The van der Waals surface area contributed by atoms with Gasteiger partial charge in [0.05, 0.1) is 19.2 Å². The molecular formula is C15H24N2O2S. The summed E-state index contributed by atoms with van der Waals surface area (Å²) in [5.41, 5.74) is 1.40. The number of nitrogens with one attached hydrogen (secondary N) is 1. The molecule has 0 amide bonds. The Hall–Kier alpha value is -1.10. The molecule has 1 aromatic heterocycles. The van der Waals surface area contributed by atoms with Crippen LogP contribution in [0.5, 0.6) is 0 Å². The molecule has 4 nitrogen and oxygen atoms in total. The van der Waals surface area contributed by atoms with Gasteiger partial charge in [0.2, 0.25) is 0 Å². The second-order valence-electron chi connectivity index (χ2n) is 6.32. The van der Waals surface area contributed by atoms with Gasteiger partial charge < -0.3 is 10.1 Å². The van der Waals surface area contributed by atoms with E-state index in [2.05, 4.69) is 28.9 Å². The van der Waals surface area contributed by atoms with Crippen molar-refractivity contribution in [2.75, 3.05) is 12.4 Å². The van der Waals surface area contributed by atoms with Gasteiger partial charge in [-0.25, -0.2) is 4.98 Å². The molecule has 0 bridgehead atoms. The van der Waals surface area contributed by atoms with Crippen LogP contribution in [-0.4, -0.2) is 24.1 Å². The highest BCUT2D eigenvalue weighted by atomic mass is 32.1. The van der Waals surface area contributed by atoms with Gasteiger partial charge in [0, 0.05) is 17.8 Å². The van der Waals surface area contributed by atoms with Crippen LogP contribution in [0, 0.1) is 5.41 Å². The minimum atomic E-state index is -0.179. The van der Waals surface area contributed by atoms with Crippen LogP contribution >= 0.6 is 11.3 Å². The Morgan fingerprint density at radius 3 is 3.10 bits per heavy atom. The van der Waals surface area contributed by atoms with Gasteiger partial charge in [-0.3, -0.25) is 4.79 Å². The van der Waals surface area contributed by atoms with E-state index in [0.29, 0.717) is 24.3 Å². The van der Waals surface area contributed by atoms with Crippen LogP contribution in [-0.2, 0) is 16.0 Å². The summed E-state index contributed by atoms with van der Waals surface area (Å²) < 4.78 is 4.64. The number of methoxy groups -OCH3 is 1. The van der Waals surface area contributed by atoms with Crippen molar-refractivity contribution in [2.45, 2.75) is 58.4 Å². The minimum Gasteiger partial charge on any atom is -0.469 e. The van der Waals surface area contributed by atoms with Crippen molar-refractivity contribution in [3.05, 3.63) is 11.1 Å². The number of aryl methyl sites for hydroxylation is 1. The lowest BCUT2D eigenvalue weighted by Gasteiger charge is -2.35. The van der Waals surface area contributed by atoms with Crippen molar-refractivity contribution in [1.82, 2.24) is 4.98 Å². The second-order valence-corrected chi connectivity index (χ2v) is 7.18. The molecule has 0 aromatic carbocycles. The number of carbonyl (C=O) groups is 1. The van der Waals surface area contributed by atoms with E-state index >= 15 is 0 Å². The first-order chi connectivity index (χ1) is 9.48. The van der Waals surface area contributed by atoms with E-state index in [9.17, 15) is 4.79 Å². The number of anilines is 1. The fraction of sp³-hybridized carbons (Fsp3) is 0.733. The summed E-state index contributed by atoms with van der Waals surface area (Å²) in [6.07, 6.45) is 6.07. The average Bonchev–Trinajstić information content (AvgIpc) is 2.82. The van der Waals surface area contributed by atoms with Gasteiger partial charge >= 0.3 is 5.97 Å². The molecule has 5 heteroatoms. The summed E-state index contributed by atoms with van der Waals surface area (Å²) in [6.45, 7) is 4.68. The molecule has 1 N–H and O–H groups in total. The van der Waals surface area contributed by atoms with Crippen LogP contribution in [0.25, 0.3) is 0 Å². The lowest BCUT2D eigenvalue weighted by atomic mass is 9.75. The van der Waals surface area contributed by atoms with Crippen LogP contribution in [0.15, 0.2) is 5.38 Å². The number of hydrogen-bond acceptors (Lipinski definition) is 5. The molecule has 1 aromatic rings. The molecule has 1 heterocycles. The third-order valence-electron chi connectivity index (χ3n) is 3.90. The van der Waals surface area contributed by atoms with Crippen molar-refractivity contribution in [2.24, 2.45) is 5.41 Å². The first kappa shape index (κ1) is 15.3. The third kappa shape index (κ3) is 4.47. The minimum absolute atomic E-state index is 0.179. The van der Waals surface area contributed by atoms with Crippen molar-refractivity contribution in [3.63, 3.8) is 0 Å². The highest BCUT2D eigenvalue weighted by molar-refractivity contribution is 7.13. The SMILES string of the molecule is COC(=O)CCc1csc(NC2CCCC(C)(C)C2)n1. The van der Waals surface area contributed by atoms with E-state index in [1.165, 1.54) is 32.8 Å². The van der Waals surface area contributed by atoms with E-state index in [-0.39, 0.29) is 5.97 Å². The van der Waals surface area contributed by atoms with Gasteiger partial charge in [-0.1, -0.05) is 20.3 Å². The molecule has 0 spiro atoms. The van der Waals surface area contributed by atoms with Crippen LogP contribution in [0.1, 0.15) is 51.6 Å². The molecule has 112 valence electrons. The average molecular weight is 296 g/mol. The second kappa shape index (κ2) is 6.57. The van der Waals surface area contributed by atoms with E-state index in [1.54, 1.807) is 11.3 Å². The summed E-state index contributed by atoms with van der Waals surface area (Å²) >= 11 is 1.63. The number of nitrogens with zero attached hydrogens (tertiary/aromatic N) is 1. The van der Waals surface area contributed by atoms with Gasteiger partial charge in [-0.2, -0.15) is 0 Å². The van der Waals surface area contributed by atoms with Crippen LogP contribution in [0.2, 0.25) is 0 Å². The Labute approximate surface area is 124 Å². The molecule has 2 rings (SSSR count). The number of hydrogen-bond donors (Lipinski definition) is 1. The van der Waals surface area contributed by atoms with Crippen LogP contribution in [0.3, 0.4) is 0 Å². The topological polar surface area (TPSA) is 51.2 Å². The largest absolute Gasteiger partial charge is 0.469 e. The number of carbonyl (C=O) groups excluding carboxylic acids is 1. The standard InChI is InChI=1S/C15H24N2O2S/c1-15(2)8-4-5-11(9-15)16-14-17-12(10-20-14)6-7-13(18)19-3/h10-11H,4-9H2,1-3H3,(H,16,17). The Bertz CT molecular complexity index is 456. The predicted molar refractivity (Wildman–Crippen MR) is 82.1 cm³/mol. The Balaban J connectivity index is 1.84. The molecule has 0 aliphatic heterocycles. The first-order valence-electron chi connectivity index (χ1n) is 7.26. The molecule has 1 fully saturated rings. The van der Waals surface area contributed by atoms with Crippen LogP contribution in [0.4, 0.5) is 5.13 Å². The summed E-state index contributed by atoms with van der Waals surface area (Å²) in [5, 5.41) is 6.56. The lowest BCUT2D eigenvalue weighted by molar-refractivity contribution is -0.140. The van der Waals surface area contributed by atoms with Gasteiger partial charge in [-0.05, 0) is 24.7 Å². The number of thiazole rings is 1. The van der Waals surface area contributed by atoms with E-state index in [1.807, 2.05) is 5.38 Å². The maximum atomic E-state index is 11.1. The van der Waals surface area contributed by atoms with E-state index in [4.69, 9.17) is 0 Å². The van der Waals surface area contributed by atoms with Gasteiger partial charge in [0.25, 0.3) is 0 Å². The zero-order valence-corrected chi connectivity index (χ0v) is 13.4. The number of ether oxygens (including phenoxy) is 1. The summed E-state index contributed by atoms with van der Waals surface area (Å²) in [6, 6.07) is 0.526. The van der Waals surface area contributed by atoms with Crippen LogP contribution < -0.4 is 5.32 Å². The summed E-state index contributed by atoms with van der Waals surface area (Å²) in [4.78, 5) is 15.7. The zero-order valence-electron chi connectivity index (χ0n) is 12.6. The highest BCUT2D eigenvalue weighted by Crippen LogP contribution is 2.36. The molecule has 20 heavy (non-hydrogen) atoms. The Kier molecular flexibility index (Phi) is 5.02.